The number of alkyl halides is 3. The number of carbonyl (C=O) groups is 1. The van der Waals surface area contributed by atoms with E-state index in [2.05, 4.69) is 20.1 Å². The lowest BCUT2D eigenvalue weighted by Crippen LogP contribution is -2.24. The van der Waals surface area contributed by atoms with E-state index < -0.39 is 18.9 Å². The highest BCUT2D eigenvalue weighted by atomic mass is 19.4. The van der Waals surface area contributed by atoms with Gasteiger partial charge in [0, 0.05) is 12.3 Å². The Hall–Kier alpha value is -2.58. The minimum Gasteiger partial charge on any atom is -0.440 e. The zero-order valence-electron chi connectivity index (χ0n) is 10.9. The molecular formula is C12H11F3N4O2. The number of hydrogen-bond donors (Lipinski definition) is 1. The van der Waals surface area contributed by atoms with Crippen LogP contribution in [0.25, 0.3) is 5.82 Å². The van der Waals surface area contributed by atoms with Crippen LogP contribution in [0, 0.1) is 6.92 Å². The average Bonchev–Trinajstić information content (AvgIpc) is 2.77. The lowest BCUT2D eigenvalue weighted by Gasteiger charge is -2.10. The molecule has 0 spiro atoms. The Morgan fingerprint density at radius 2 is 2.19 bits per heavy atom. The van der Waals surface area contributed by atoms with Crippen molar-refractivity contribution in [2.45, 2.75) is 13.1 Å². The molecule has 1 N–H and O–H groups in total. The molecule has 0 unspecified atom stereocenters. The van der Waals surface area contributed by atoms with Crippen LogP contribution in [0.15, 0.2) is 30.5 Å². The number of aryl methyl sites for hydroxylation is 1. The van der Waals surface area contributed by atoms with E-state index in [4.69, 9.17) is 0 Å². The molecule has 0 saturated carbocycles. The van der Waals surface area contributed by atoms with Crippen LogP contribution in [-0.2, 0) is 4.74 Å². The number of hydrogen-bond acceptors (Lipinski definition) is 4. The van der Waals surface area contributed by atoms with E-state index in [9.17, 15) is 18.0 Å². The maximum absolute atomic E-state index is 12.0. The molecule has 0 aliphatic rings. The van der Waals surface area contributed by atoms with E-state index in [1.54, 1.807) is 25.1 Å². The number of aromatic nitrogens is 3. The summed E-state index contributed by atoms with van der Waals surface area (Å²) < 4.78 is 41.3. The fraction of sp³-hybridized carbons (Fsp3) is 0.250. The smallest absolute Gasteiger partial charge is 0.422 e. The molecule has 0 atom stereocenters. The number of anilines is 1. The standard InChI is InChI=1S/C12H11F3N4O2/c1-8-6-10(17-11(20)21-7-12(13,14)15)19(18-8)9-4-2-3-5-16-9/h2-6H,7H2,1H3,(H,17,20). The van der Waals surface area contributed by atoms with Crippen molar-refractivity contribution < 1.29 is 22.7 Å². The van der Waals surface area contributed by atoms with Crippen LogP contribution in [0.5, 0.6) is 0 Å². The first-order chi connectivity index (χ1) is 9.85. The van der Waals surface area contributed by atoms with Crippen molar-refractivity contribution >= 4 is 11.9 Å². The molecule has 0 bridgehead atoms. The van der Waals surface area contributed by atoms with Gasteiger partial charge in [-0.1, -0.05) is 6.07 Å². The maximum Gasteiger partial charge on any atom is 0.422 e. The van der Waals surface area contributed by atoms with Gasteiger partial charge in [0.05, 0.1) is 5.69 Å². The third-order valence-corrected chi connectivity index (χ3v) is 2.29. The zero-order chi connectivity index (χ0) is 15.5. The van der Waals surface area contributed by atoms with E-state index >= 15 is 0 Å². The second-order valence-corrected chi connectivity index (χ2v) is 4.09. The number of carbonyl (C=O) groups excluding carboxylic acids is 1. The van der Waals surface area contributed by atoms with E-state index in [-0.39, 0.29) is 5.82 Å². The number of nitrogens with zero attached hydrogens (tertiary/aromatic N) is 3. The normalized spacial score (nSPS) is 11.2. The number of pyridine rings is 1. The van der Waals surface area contributed by atoms with Crippen LogP contribution in [0.4, 0.5) is 23.8 Å². The second-order valence-electron chi connectivity index (χ2n) is 4.09. The first kappa shape index (κ1) is 14.8. The summed E-state index contributed by atoms with van der Waals surface area (Å²) in [7, 11) is 0. The molecule has 0 saturated heterocycles. The Kier molecular flexibility index (Phi) is 4.10. The number of amides is 1. The molecule has 2 heterocycles. The molecule has 2 aromatic heterocycles. The molecule has 2 rings (SSSR count). The SMILES string of the molecule is Cc1cc(NC(=O)OCC(F)(F)F)n(-c2ccccn2)n1. The zero-order valence-corrected chi connectivity index (χ0v) is 10.9. The first-order valence-electron chi connectivity index (χ1n) is 5.84. The van der Waals surface area contributed by atoms with Gasteiger partial charge in [-0.15, -0.1) is 0 Å². The lowest BCUT2D eigenvalue weighted by atomic mass is 10.4. The van der Waals surface area contributed by atoms with Gasteiger partial charge in [0.1, 0.15) is 5.82 Å². The second kappa shape index (κ2) is 5.81. The van der Waals surface area contributed by atoms with E-state index in [1.165, 1.54) is 16.9 Å². The Bertz CT molecular complexity index is 625. The number of ether oxygens (including phenoxy) is 1. The largest absolute Gasteiger partial charge is 0.440 e. The van der Waals surface area contributed by atoms with Crippen molar-refractivity contribution in [3.8, 4) is 5.82 Å². The Balaban J connectivity index is 2.12. The van der Waals surface area contributed by atoms with Gasteiger partial charge in [0.2, 0.25) is 0 Å². The van der Waals surface area contributed by atoms with Gasteiger partial charge in [-0.05, 0) is 19.1 Å². The average molecular weight is 300 g/mol. The van der Waals surface area contributed by atoms with Gasteiger partial charge >= 0.3 is 12.3 Å². The summed E-state index contributed by atoms with van der Waals surface area (Å²) >= 11 is 0. The molecule has 21 heavy (non-hydrogen) atoms. The number of halogens is 3. The topological polar surface area (TPSA) is 69.0 Å². The van der Waals surface area contributed by atoms with Crippen molar-refractivity contribution in [3.63, 3.8) is 0 Å². The molecule has 1 amide bonds. The van der Waals surface area contributed by atoms with Crippen LogP contribution in [0.3, 0.4) is 0 Å². The first-order valence-corrected chi connectivity index (χ1v) is 5.84. The van der Waals surface area contributed by atoms with Gasteiger partial charge in [0.25, 0.3) is 0 Å². The van der Waals surface area contributed by atoms with Gasteiger partial charge < -0.3 is 4.74 Å². The summed E-state index contributed by atoms with van der Waals surface area (Å²) in [6.45, 7) is 0.0151. The quantitative estimate of drug-likeness (QED) is 0.946. The van der Waals surface area contributed by atoms with Crippen molar-refractivity contribution in [2.75, 3.05) is 11.9 Å². The minimum atomic E-state index is -4.57. The highest BCUT2D eigenvalue weighted by Crippen LogP contribution is 2.17. The Labute approximate surface area is 117 Å². The highest BCUT2D eigenvalue weighted by Gasteiger charge is 2.29. The molecule has 112 valence electrons. The third-order valence-electron chi connectivity index (χ3n) is 2.29. The predicted molar refractivity (Wildman–Crippen MR) is 67.1 cm³/mol. The maximum atomic E-state index is 12.0. The monoisotopic (exact) mass is 300 g/mol. The van der Waals surface area contributed by atoms with Crippen LogP contribution < -0.4 is 5.32 Å². The van der Waals surface area contributed by atoms with Crippen LogP contribution in [0.2, 0.25) is 0 Å². The van der Waals surface area contributed by atoms with Crippen molar-refractivity contribution in [1.29, 1.82) is 0 Å². The van der Waals surface area contributed by atoms with Crippen molar-refractivity contribution in [1.82, 2.24) is 14.8 Å². The van der Waals surface area contributed by atoms with Gasteiger partial charge in [-0.3, -0.25) is 5.32 Å². The Morgan fingerprint density at radius 1 is 1.43 bits per heavy atom. The van der Waals surface area contributed by atoms with Crippen molar-refractivity contribution in [3.05, 3.63) is 36.2 Å². The molecular weight excluding hydrogens is 289 g/mol. The molecule has 0 aliphatic carbocycles. The van der Waals surface area contributed by atoms with E-state index in [0.29, 0.717) is 11.5 Å². The molecule has 6 nitrogen and oxygen atoms in total. The lowest BCUT2D eigenvalue weighted by molar-refractivity contribution is -0.159. The highest BCUT2D eigenvalue weighted by molar-refractivity contribution is 5.83. The van der Waals surface area contributed by atoms with Gasteiger partial charge in [0.15, 0.2) is 12.4 Å². The fourth-order valence-electron chi connectivity index (χ4n) is 1.53. The summed E-state index contributed by atoms with van der Waals surface area (Å²) in [4.78, 5) is 15.4. The molecule has 0 aliphatic heterocycles. The van der Waals surface area contributed by atoms with E-state index in [0.717, 1.165) is 0 Å². The fourth-order valence-corrected chi connectivity index (χ4v) is 1.53. The molecule has 0 aromatic carbocycles. The molecule has 2 aromatic rings. The number of nitrogens with one attached hydrogen (secondary N) is 1. The molecule has 0 fully saturated rings. The molecule has 9 heteroatoms. The van der Waals surface area contributed by atoms with Gasteiger partial charge in [-0.2, -0.15) is 23.0 Å². The van der Waals surface area contributed by atoms with Crippen LogP contribution in [-0.4, -0.2) is 33.6 Å². The third kappa shape index (κ3) is 4.20. The Morgan fingerprint density at radius 3 is 2.81 bits per heavy atom. The number of rotatable bonds is 3. The summed E-state index contributed by atoms with van der Waals surface area (Å²) in [5.74, 6) is 0.579. The summed E-state index contributed by atoms with van der Waals surface area (Å²) in [5, 5.41) is 6.31. The summed E-state index contributed by atoms with van der Waals surface area (Å²) in [6.07, 6.45) is -4.27. The van der Waals surface area contributed by atoms with Crippen LogP contribution >= 0.6 is 0 Å². The summed E-state index contributed by atoms with van der Waals surface area (Å²) in [6, 6.07) is 6.54. The molecule has 0 radical (unpaired) electrons. The van der Waals surface area contributed by atoms with E-state index in [1.807, 2.05) is 0 Å². The predicted octanol–water partition coefficient (Wildman–Crippen LogP) is 2.69. The minimum absolute atomic E-state index is 0.165. The van der Waals surface area contributed by atoms with Crippen molar-refractivity contribution in [2.24, 2.45) is 0 Å². The summed E-state index contributed by atoms with van der Waals surface area (Å²) in [5.41, 5.74) is 0.562. The van der Waals surface area contributed by atoms with Gasteiger partial charge in [-0.25, -0.2) is 9.78 Å². The van der Waals surface area contributed by atoms with Crippen LogP contribution in [0.1, 0.15) is 5.69 Å².